The van der Waals surface area contributed by atoms with Gasteiger partial charge in [0.25, 0.3) is 0 Å². The van der Waals surface area contributed by atoms with E-state index in [1.165, 1.54) is 11.1 Å². The van der Waals surface area contributed by atoms with Gasteiger partial charge in [0.2, 0.25) is 0 Å². The number of ether oxygens (including phenoxy) is 1. The highest BCUT2D eigenvalue weighted by Gasteiger charge is 2.43. The molecule has 1 unspecified atom stereocenters. The van der Waals surface area contributed by atoms with Gasteiger partial charge >= 0.3 is 0 Å². The van der Waals surface area contributed by atoms with Crippen LogP contribution in [0.5, 0.6) is 0 Å². The Hall–Kier alpha value is -0.900. The van der Waals surface area contributed by atoms with Crippen molar-refractivity contribution in [3.05, 3.63) is 35.4 Å². The van der Waals surface area contributed by atoms with E-state index in [9.17, 15) is 5.11 Å². The molecule has 0 bridgehead atoms. The fourth-order valence-corrected chi connectivity index (χ4v) is 3.51. The van der Waals surface area contributed by atoms with Crippen molar-refractivity contribution in [2.75, 3.05) is 19.7 Å². The minimum atomic E-state index is -0.267. The number of hydrogen-bond donors (Lipinski definition) is 1. The molecule has 1 spiro atoms. The maximum atomic E-state index is 10.3. The number of piperidine rings is 1. The number of aliphatic hydroxyl groups excluding tert-OH is 1. The predicted molar refractivity (Wildman–Crippen MR) is 79.6 cm³/mol. The standard InChI is InChI=1S/C17H25NO2/c1-14-5-2-3-6-15(14)13-18-10-8-17(9-11-18)16(19)7-4-12-20-17/h2-3,5-6,16,19H,4,7-13H2,1H3. The van der Waals surface area contributed by atoms with Gasteiger partial charge in [-0.2, -0.15) is 0 Å². The lowest BCUT2D eigenvalue weighted by Gasteiger charge is -2.46. The molecule has 3 rings (SSSR count). The van der Waals surface area contributed by atoms with Crippen molar-refractivity contribution in [2.45, 2.75) is 50.9 Å². The second-order valence-corrected chi connectivity index (χ2v) is 6.27. The van der Waals surface area contributed by atoms with Crippen molar-refractivity contribution in [1.29, 1.82) is 0 Å². The van der Waals surface area contributed by atoms with Crippen LogP contribution in [0.3, 0.4) is 0 Å². The third-order valence-corrected chi connectivity index (χ3v) is 4.98. The van der Waals surface area contributed by atoms with Gasteiger partial charge in [-0.05, 0) is 43.7 Å². The molecule has 2 heterocycles. The molecule has 1 atom stereocenters. The van der Waals surface area contributed by atoms with Gasteiger partial charge < -0.3 is 9.84 Å². The first-order valence-corrected chi connectivity index (χ1v) is 7.78. The summed E-state index contributed by atoms with van der Waals surface area (Å²) in [6, 6.07) is 8.60. The van der Waals surface area contributed by atoms with Gasteiger partial charge in [-0.1, -0.05) is 24.3 Å². The SMILES string of the molecule is Cc1ccccc1CN1CCC2(CC1)OCCCC2O. The van der Waals surface area contributed by atoms with Crippen molar-refractivity contribution < 1.29 is 9.84 Å². The first kappa shape index (κ1) is 14.1. The number of likely N-dealkylation sites (tertiary alicyclic amines) is 1. The molecule has 0 saturated carbocycles. The number of benzene rings is 1. The Bertz CT molecular complexity index is 452. The van der Waals surface area contributed by atoms with Crippen molar-refractivity contribution in [1.82, 2.24) is 4.90 Å². The van der Waals surface area contributed by atoms with Crippen molar-refractivity contribution in [3.63, 3.8) is 0 Å². The summed E-state index contributed by atoms with van der Waals surface area (Å²) in [5.74, 6) is 0. The maximum absolute atomic E-state index is 10.3. The largest absolute Gasteiger partial charge is 0.390 e. The zero-order valence-electron chi connectivity index (χ0n) is 12.3. The van der Waals surface area contributed by atoms with Crippen LogP contribution in [0.4, 0.5) is 0 Å². The summed E-state index contributed by atoms with van der Waals surface area (Å²) < 4.78 is 5.96. The van der Waals surface area contributed by atoms with E-state index >= 15 is 0 Å². The lowest BCUT2D eigenvalue weighted by atomic mass is 9.82. The van der Waals surface area contributed by atoms with Crippen LogP contribution in [0.1, 0.15) is 36.8 Å². The molecular weight excluding hydrogens is 250 g/mol. The number of rotatable bonds is 2. The first-order valence-electron chi connectivity index (χ1n) is 7.78. The van der Waals surface area contributed by atoms with Gasteiger partial charge in [0.15, 0.2) is 0 Å². The van der Waals surface area contributed by atoms with Crippen molar-refractivity contribution in [3.8, 4) is 0 Å². The van der Waals surface area contributed by atoms with Crippen LogP contribution in [0.15, 0.2) is 24.3 Å². The predicted octanol–water partition coefficient (Wildman–Crippen LogP) is 2.50. The van der Waals surface area contributed by atoms with Gasteiger partial charge in [-0.3, -0.25) is 4.90 Å². The van der Waals surface area contributed by atoms with E-state index in [1.807, 2.05) is 0 Å². The monoisotopic (exact) mass is 275 g/mol. The third-order valence-electron chi connectivity index (χ3n) is 4.98. The summed E-state index contributed by atoms with van der Waals surface area (Å²) in [4.78, 5) is 2.48. The van der Waals surface area contributed by atoms with Crippen LogP contribution in [0.25, 0.3) is 0 Å². The summed E-state index contributed by atoms with van der Waals surface area (Å²) in [5, 5.41) is 10.3. The Labute approximate surface area is 121 Å². The van der Waals surface area contributed by atoms with Crippen LogP contribution in [-0.2, 0) is 11.3 Å². The highest BCUT2D eigenvalue weighted by molar-refractivity contribution is 5.25. The molecule has 3 nitrogen and oxygen atoms in total. The van der Waals surface area contributed by atoms with Gasteiger partial charge in [0.1, 0.15) is 0 Å². The Balaban J connectivity index is 1.60. The Morgan fingerprint density at radius 1 is 1.30 bits per heavy atom. The number of nitrogens with zero attached hydrogens (tertiary/aromatic N) is 1. The molecule has 1 N–H and O–H groups in total. The quantitative estimate of drug-likeness (QED) is 0.900. The lowest BCUT2D eigenvalue weighted by Crippen LogP contribution is -2.55. The summed E-state index contributed by atoms with van der Waals surface area (Å²) in [7, 11) is 0. The summed E-state index contributed by atoms with van der Waals surface area (Å²) >= 11 is 0. The molecule has 110 valence electrons. The van der Waals surface area contributed by atoms with Crippen LogP contribution >= 0.6 is 0 Å². The van der Waals surface area contributed by atoms with E-state index in [1.54, 1.807) is 0 Å². The zero-order valence-corrected chi connectivity index (χ0v) is 12.3. The Kier molecular flexibility index (Phi) is 4.11. The fourth-order valence-electron chi connectivity index (χ4n) is 3.51. The van der Waals surface area contributed by atoms with E-state index in [2.05, 4.69) is 36.1 Å². The van der Waals surface area contributed by atoms with Crippen LogP contribution in [0, 0.1) is 6.92 Å². The van der Waals surface area contributed by atoms with Crippen molar-refractivity contribution in [2.24, 2.45) is 0 Å². The minimum Gasteiger partial charge on any atom is -0.390 e. The number of aryl methyl sites for hydroxylation is 1. The third kappa shape index (κ3) is 2.76. The molecule has 1 aromatic carbocycles. The average molecular weight is 275 g/mol. The molecule has 0 amide bonds. The maximum Gasteiger partial charge on any atom is 0.0964 e. The highest BCUT2D eigenvalue weighted by atomic mass is 16.5. The van der Waals surface area contributed by atoms with Crippen LogP contribution in [0.2, 0.25) is 0 Å². The molecule has 1 aromatic rings. The molecule has 2 aliphatic heterocycles. The van der Waals surface area contributed by atoms with E-state index in [0.717, 1.165) is 51.9 Å². The average Bonchev–Trinajstić information content (AvgIpc) is 2.47. The molecular formula is C17H25NO2. The highest BCUT2D eigenvalue weighted by Crippen LogP contribution is 2.35. The van der Waals surface area contributed by atoms with E-state index in [-0.39, 0.29) is 11.7 Å². The van der Waals surface area contributed by atoms with Crippen LogP contribution < -0.4 is 0 Å². The smallest absolute Gasteiger partial charge is 0.0964 e. The topological polar surface area (TPSA) is 32.7 Å². The zero-order chi connectivity index (χ0) is 14.0. The molecule has 0 radical (unpaired) electrons. The van der Waals surface area contributed by atoms with Gasteiger partial charge in [0.05, 0.1) is 11.7 Å². The second kappa shape index (κ2) is 5.84. The normalized spacial score (nSPS) is 26.8. The summed E-state index contributed by atoms with van der Waals surface area (Å²) in [6.07, 6.45) is 3.55. The molecule has 20 heavy (non-hydrogen) atoms. The number of aliphatic hydroxyl groups is 1. The van der Waals surface area contributed by atoms with Gasteiger partial charge in [-0.25, -0.2) is 0 Å². The van der Waals surface area contributed by atoms with E-state index in [0.29, 0.717) is 0 Å². The first-order chi connectivity index (χ1) is 9.70. The molecule has 2 aliphatic rings. The van der Waals surface area contributed by atoms with E-state index < -0.39 is 0 Å². The Morgan fingerprint density at radius 3 is 2.75 bits per heavy atom. The van der Waals surface area contributed by atoms with Crippen LogP contribution in [-0.4, -0.2) is 41.4 Å². The second-order valence-electron chi connectivity index (χ2n) is 6.27. The van der Waals surface area contributed by atoms with Gasteiger partial charge in [-0.15, -0.1) is 0 Å². The fraction of sp³-hybridized carbons (Fsp3) is 0.647. The molecule has 2 fully saturated rings. The molecule has 3 heteroatoms. The van der Waals surface area contributed by atoms with Crippen molar-refractivity contribution >= 4 is 0 Å². The Morgan fingerprint density at radius 2 is 2.05 bits per heavy atom. The van der Waals surface area contributed by atoms with Gasteiger partial charge in [0, 0.05) is 26.2 Å². The summed E-state index contributed by atoms with van der Waals surface area (Å²) in [5.41, 5.74) is 2.52. The number of hydrogen-bond acceptors (Lipinski definition) is 3. The summed E-state index contributed by atoms with van der Waals surface area (Å²) in [6.45, 7) is 6.04. The van der Waals surface area contributed by atoms with E-state index in [4.69, 9.17) is 4.74 Å². The molecule has 0 aromatic heterocycles. The minimum absolute atomic E-state index is 0.250. The molecule has 2 saturated heterocycles. The molecule has 0 aliphatic carbocycles. The lowest BCUT2D eigenvalue weighted by molar-refractivity contribution is -0.177.